The van der Waals surface area contributed by atoms with E-state index >= 15 is 35.1 Å². The predicted molar refractivity (Wildman–Crippen MR) is 103 cm³/mol. The second-order valence-corrected chi connectivity index (χ2v) is 8.63. The molecule has 16 heteroatoms. The molecular formula is C24H4F16. The standard InChI is InChI=1S/C24H4F16/c25-13-9-5-1-2-6(10(9)14(26)18(30)17(13)29)22(35,36)24(39,40)8-4-3-7(23(37,38)21(5,33)34)11-12(8)16(28)20(32)19(31)15(11)27/h1-4H. The number of halogens is 16. The van der Waals surface area contributed by atoms with E-state index in [1.807, 2.05) is 0 Å². The number of hydrogen-bond acceptors (Lipinski definition) is 0. The molecule has 0 unspecified atom stereocenters. The van der Waals surface area contributed by atoms with Gasteiger partial charge in [0.25, 0.3) is 0 Å². The van der Waals surface area contributed by atoms with Crippen LogP contribution in [0.5, 0.6) is 0 Å². The second-order valence-electron chi connectivity index (χ2n) is 8.63. The van der Waals surface area contributed by atoms with Crippen LogP contribution < -0.4 is 0 Å². The van der Waals surface area contributed by atoms with Crippen LogP contribution >= 0.6 is 0 Å². The molecule has 0 aromatic heterocycles. The lowest BCUT2D eigenvalue weighted by Crippen LogP contribution is -2.40. The monoisotopic (exact) mass is 596 g/mol. The molecule has 40 heavy (non-hydrogen) atoms. The van der Waals surface area contributed by atoms with Crippen molar-refractivity contribution in [2.75, 3.05) is 0 Å². The van der Waals surface area contributed by atoms with Crippen molar-refractivity contribution in [3.05, 3.63) is 93.1 Å². The molecular weight excluding hydrogens is 592 g/mol. The average Bonchev–Trinajstić information content (AvgIpc) is 2.89. The molecule has 0 N–H and O–H groups in total. The summed E-state index contributed by atoms with van der Waals surface area (Å²) in [4.78, 5) is 0. The molecule has 4 aromatic rings. The Bertz CT molecular complexity index is 1530. The van der Waals surface area contributed by atoms with Crippen LogP contribution in [0.1, 0.15) is 22.3 Å². The van der Waals surface area contributed by atoms with E-state index in [1.165, 1.54) is 0 Å². The van der Waals surface area contributed by atoms with E-state index in [4.69, 9.17) is 0 Å². The lowest BCUT2D eigenvalue weighted by atomic mass is 9.81. The number of rotatable bonds is 0. The number of alkyl halides is 8. The Morgan fingerprint density at radius 2 is 0.425 bits per heavy atom. The highest BCUT2D eigenvalue weighted by Crippen LogP contribution is 2.59. The van der Waals surface area contributed by atoms with Gasteiger partial charge in [-0.15, -0.1) is 0 Å². The first-order chi connectivity index (χ1) is 18.2. The van der Waals surface area contributed by atoms with Crippen molar-refractivity contribution in [3.63, 3.8) is 0 Å². The maximum Gasteiger partial charge on any atom is 0.340 e. The van der Waals surface area contributed by atoms with Gasteiger partial charge in [-0.2, -0.15) is 35.1 Å². The van der Waals surface area contributed by atoms with Gasteiger partial charge in [0.1, 0.15) is 0 Å². The molecule has 2 aliphatic carbocycles. The van der Waals surface area contributed by atoms with Crippen LogP contribution in [0.2, 0.25) is 0 Å². The van der Waals surface area contributed by atoms with Gasteiger partial charge in [-0.25, -0.2) is 35.1 Å². The first-order valence-electron chi connectivity index (χ1n) is 10.3. The molecule has 0 saturated heterocycles. The van der Waals surface area contributed by atoms with Crippen molar-refractivity contribution in [2.24, 2.45) is 0 Å². The Hall–Kier alpha value is -3.72. The largest absolute Gasteiger partial charge is 0.340 e. The quantitative estimate of drug-likeness (QED) is 0.108. The summed E-state index contributed by atoms with van der Waals surface area (Å²) in [5.74, 6) is -48.1. The van der Waals surface area contributed by atoms with Crippen molar-refractivity contribution >= 4 is 21.5 Å². The third-order valence-corrected chi connectivity index (χ3v) is 6.59. The molecule has 0 aliphatic heterocycles. The molecule has 0 radical (unpaired) electrons. The van der Waals surface area contributed by atoms with Gasteiger partial charge in [-0.3, -0.25) is 0 Å². The highest BCUT2D eigenvalue weighted by atomic mass is 19.3. The van der Waals surface area contributed by atoms with E-state index in [2.05, 4.69) is 0 Å². The van der Waals surface area contributed by atoms with E-state index < -0.39 is 138 Å². The normalized spacial score (nSPS) is 18.8. The number of hydrogen-bond donors (Lipinski definition) is 0. The van der Waals surface area contributed by atoms with E-state index in [-0.39, 0.29) is 0 Å². The third-order valence-electron chi connectivity index (χ3n) is 6.59. The number of benzene rings is 4. The van der Waals surface area contributed by atoms with Gasteiger partial charge >= 0.3 is 23.7 Å². The SMILES string of the molecule is Fc1c(F)c(F)c2c3ccc(c2c1F)C(F)(F)C(F)(F)c1ccc(c2c(F)c(F)c(F)c(F)c12)C(F)(F)C3(F)F. The summed E-state index contributed by atoms with van der Waals surface area (Å²) >= 11 is 0. The molecule has 6 rings (SSSR count). The molecule has 0 heterocycles. The van der Waals surface area contributed by atoms with Crippen molar-refractivity contribution in [3.8, 4) is 0 Å². The molecule has 2 aliphatic rings. The minimum Gasteiger partial charge on any atom is -0.203 e. The number of fused-ring (bicyclic) bond motifs is 4. The molecule has 4 bridgehead atoms. The summed E-state index contributed by atoms with van der Waals surface area (Å²) in [5.41, 5.74) is -10.4. The molecule has 0 atom stereocenters. The summed E-state index contributed by atoms with van der Waals surface area (Å²) in [6.07, 6.45) is 0. The van der Waals surface area contributed by atoms with Gasteiger partial charge < -0.3 is 0 Å². The van der Waals surface area contributed by atoms with Gasteiger partial charge in [-0.1, -0.05) is 24.3 Å². The van der Waals surface area contributed by atoms with Gasteiger partial charge in [0, 0.05) is 43.8 Å². The zero-order valence-electron chi connectivity index (χ0n) is 18.4. The fourth-order valence-electron chi connectivity index (χ4n) is 4.66. The maximum absolute atomic E-state index is 15.5. The van der Waals surface area contributed by atoms with Crippen LogP contribution in [0.3, 0.4) is 0 Å². The first-order valence-corrected chi connectivity index (χ1v) is 10.3. The lowest BCUT2D eigenvalue weighted by Gasteiger charge is -2.34. The zero-order valence-corrected chi connectivity index (χ0v) is 18.4. The van der Waals surface area contributed by atoms with Crippen LogP contribution in [-0.2, 0) is 23.7 Å². The summed E-state index contributed by atoms with van der Waals surface area (Å²) in [6, 6.07) is -2.16. The Balaban J connectivity index is 2.16. The van der Waals surface area contributed by atoms with Crippen molar-refractivity contribution in [1.29, 1.82) is 0 Å². The Kier molecular flexibility index (Phi) is 5.52. The molecule has 0 nitrogen and oxygen atoms in total. The summed E-state index contributed by atoms with van der Waals surface area (Å²) < 4.78 is 238. The molecule has 0 fully saturated rings. The maximum atomic E-state index is 15.5. The van der Waals surface area contributed by atoms with Crippen molar-refractivity contribution < 1.29 is 70.2 Å². The van der Waals surface area contributed by atoms with Crippen LogP contribution in [0.4, 0.5) is 70.2 Å². The molecule has 0 amide bonds. The third kappa shape index (κ3) is 3.01. The molecule has 0 spiro atoms. The van der Waals surface area contributed by atoms with Gasteiger partial charge in [0.05, 0.1) is 0 Å². The van der Waals surface area contributed by atoms with Gasteiger partial charge in [-0.05, 0) is 0 Å². The van der Waals surface area contributed by atoms with Crippen LogP contribution in [-0.4, -0.2) is 0 Å². The molecule has 4 aromatic carbocycles. The summed E-state index contributed by atoms with van der Waals surface area (Å²) in [5, 5.41) is -10.1. The zero-order chi connectivity index (χ0) is 30.1. The average molecular weight is 596 g/mol. The Morgan fingerprint density at radius 1 is 0.275 bits per heavy atom. The van der Waals surface area contributed by atoms with E-state index in [1.54, 1.807) is 0 Å². The van der Waals surface area contributed by atoms with Crippen molar-refractivity contribution in [2.45, 2.75) is 23.7 Å². The van der Waals surface area contributed by atoms with Gasteiger partial charge in [0.2, 0.25) is 0 Å². The van der Waals surface area contributed by atoms with Crippen LogP contribution in [0.15, 0.2) is 24.3 Å². The van der Waals surface area contributed by atoms with E-state index in [0.29, 0.717) is 0 Å². The van der Waals surface area contributed by atoms with Gasteiger partial charge in [0.15, 0.2) is 46.5 Å². The van der Waals surface area contributed by atoms with E-state index in [9.17, 15) is 35.1 Å². The molecule has 212 valence electrons. The second kappa shape index (κ2) is 7.94. The van der Waals surface area contributed by atoms with Crippen molar-refractivity contribution in [1.82, 2.24) is 0 Å². The Labute approximate surface area is 209 Å². The van der Waals surface area contributed by atoms with Crippen LogP contribution in [0.25, 0.3) is 21.5 Å². The first kappa shape index (κ1) is 27.8. The fourth-order valence-corrected chi connectivity index (χ4v) is 4.66. The lowest BCUT2D eigenvalue weighted by molar-refractivity contribution is -0.225. The minimum absolute atomic E-state index is 0.539. The summed E-state index contributed by atoms with van der Waals surface area (Å²) in [6.45, 7) is 0. The fraction of sp³-hybridized carbons (Fsp3) is 0.167. The summed E-state index contributed by atoms with van der Waals surface area (Å²) in [7, 11) is 0. The van der Waals surface area contributed by atoms with Crippen LogP contribution in [0, 0.1) is 46.5 Å². The molecule has 0 saturated carbocycles. The predicted octanol–water partition coefficient (Wildman–Crippen LogP) is 9.19. The topological polar surface area (TPSA) is 0 Å². The smallest absolute Gasteiger partial charge is 0.203 e. The van der Waals surface area contributed by atoms with E-state index in [0.717, 1.165) is 0 Å². The highest BCUT2D eigenvalue weighted by Gasteiger charge is 2.65. The highest BCUT2D eigenvalue weighted by molar-refractivity contribution is 5.94. The Morgan fingerprint density at radius 3 is 0.575 bits per heavy atom. The minimum atomic E-state index is -6.08.